The van der Waals surface area contributed by atoms with Gasteiger partial charge in [-0.2, -0.15) is 0 Å². The van der Waals surface area contributed by atoms with Gasteiger partial charge in [0.2, 0.25) is 0 Å². The van der Waals surface area contributed by atoms with Gasteiger partial charge < -0.3 is 0 Å². The smallest absolute Gasteiger partial charge is 0.143 e. The fourth-order valence-electron chi connectivity index (χ4n) is 4.76. The van der Waals surface area contributed by atoms with Crippen molar-refractivity contribution in [2.24, 2.45) is 29.6 Å². The highest BCUT2D eigenvalue weighted by molar-refractivity contribution is 7.09. The van der Waals surface area contributed by atoms with Crippen LogP contribution in [0.4, 0.5) is 0 Å². The van der Waals surface area contributed by atoms with Gasteiger partial charge in [0, 0.05) is 16.7 Å². The van der Waals surface area contributed by atoms with E-state index >= 15 is 0 Å². The van der Waals surface area contributed by atoms with Crippen LogP contribution < -0.4 is 0 Å². The highest BCUT2D eigenvalue weighted by atomic mass is 32.1. The summed E-state index contributed by atoms with van der Waals surface area (Å²) in [6.07, 6.45) is 4.78. The molecule has 0 spiro atoms. The maximum atomic E-state index is 12.5. The van der Waals surface area contributed by atoms with Crippen molar-refractivity contribution in [3.8, 4) is 0 Å². The number of Topliss-reactive ketones (excluding diaryl/α,β-unsaturated/α-hetero) is 1. The van der Waals surface area contributed by atoms with Crippen LogP contribution in [0.5, 0.6) is 0 Å². The summed E-state index contributed by atoms with van der Waals surface area (Å²) in [5, 5.41) is 3.15. The molecule has 0 radical (unpaired) electrons. The molecule has 20 heavy (non-hydrogen) atoms. The lowest BCUT2D eigenvalue weighted by molar-refractivity contribution is -0.120. The monoisotopic (exact) mass is 289 g/mol. The number of fused-ring (bicyclic) bond motifs is 5. The standard InChI is InChI=1S/C17H23NOS/c1-17(2,3)12-8-20-13(18-12)7-11(19)16-14-9-4-5-10(6-9)15(14)16/h8-10,14-16H,4-7H2,1-3H3. The molecule has 3 saturated carbocycles. The highest BCUT2D eigenvalue weighted by Gasteiger charge is 2.66. The summed E-state index contributed by atoms with van der Waals surface area (Å²) in [5.74, 6) is 4.20. The van der Waals surface area contributed by atoms with E-state index in [9.17, 15) is 4.79 Å². The molecule has 4 atom stereocenters. The Hall–Kier alpha value is -0.700. The van der Waals surface area contributed by atoms with Gasteiger partial charge in [0.1, 0.15) is 10.8 Å². The van der Waals surface area contributed by atoms with Crippen molar-refractivity contribution in [2.75, 3.05) is 0 Å². The Kier molecular flexibility index (Phi) is 2.70. The first-order chi connectivity index (χ1) is 9.45. The summed E-state index contributed by atoms with van der Waals surface area (Å²) in [4.78, 5) is 17.2. The minimum Gasteiger partial charge on any atom is -0.299 e. The molecular formula is C17H23NOS. The third-order valence-electron chi connectivity index (χ3n) is 5.75. The van der Waals surface area contributed by atoms with E-state index in [0.29, 0.717) is 18.1 Å². The van der Waals surface area contributed by atoms with Crippen LogP contribution in [0, 0.1) is 29.6 Å². The van der Waals surface area contributed by atoms with E-state index in [-0.39, 0.29) is 5.41 Å². The van der Waals surface area contributed by atoms with E-state index in [0.717, 1.165) is 34.4 Å². The van der Waals surface area contributed by atoms with Gasteiger partial charge in [-0.25, -0.2) is 4.98 Å². The number of carbonyl (C=O) groups is 1. The molecule has 3 aliphatic rings. The van der Waals surface area contributed by atoms with E-state index in [1.807, 2.05) is 0 Å². The number of thiazole rings is 1. The molecular weight excluding hydrogens is 266 g/mol. The second kappa shape index (κ2) is 4.16. The number of carbonyl (C=O) groups excluding carboxylic acids is 1. The molecule has 0 N–H and O–H groups in total. The summed E-state index contributed by atoms with van der Waals surface area (Å²) in [6, 6.07) is 0. The molecule has 3 aliphatic carbocycles. The molecule has 0 aromatic carbocycles. The maximum Gasteiger partial charge on any atom is 0.143 e. The van der Waals surface area contributed by atoms with E-state index in [4.69, 9.17) is 0 Å². The molecule has 1 aromatic rings. The average Bonchev–Trinajstić information content (AvgIpc) is 2.76. The summed E-state index contributed by atoms with van der Waals surface area (Å²) in [5.41, 5.74) is 1.22. The Labute approximate surface area is 125 Å². The third kappa shape index (κ3) is 1.89. The molecule has 0 saturated heterocycles. The van der Waals surface area contributed by atoms with Crippen LogP contribution in [0.1, 0.15) is 50.7 Å². The van der Waals surface area contributed by atoms with Gasteiger partial charge in [0.25, 0.3) is 0 Å². The zero-order valence-electron chi connectivity index (χ0n) is 12.6. The van der Waals surface area contributed by atoms with Crippen molar-refractivity contribution in [1.82, 2.24) is 4.98 Å². The minimum absolute atomic E-state index is 0.0903. The van der Waals surface area contributed by atoms with Crippen LogP contribution in [0.25, 0.3) is 0 Å². The summed E-state index contributed by atoms with van der Waals surface area (Å²) >= 11 is 1.66. The summed E-state index contributed by atoms with van der Waals surface area (Å²) in [7, 11) is 0. The quantitative estimate of drug-likeness (QED) is 0.846. The molecule has 108 valence electrons. The molecule has 0 aliphatic heterocycles. The summed E-state index contributed by atoms with van der Waals surface area (Å²) in [6.45, 7) is 6.53. The van der Waals surface area contributed by atoms with Crippen molar-refractivity contribution < 1.29 is 4.79 Å². The SMILES string of the molecule is CC(C)(C)c1csc(CC(=O)C2C3C4CCC(C4)C23)n1. The minimum atomic E-state index is 0.0903. The van der Waals surface area contributed by atoms with Gasteiger partial charge in [-0.1, -0.05) is 20.8 Å². The molecule has 3 fully saturated rings. The van der Waals surface area contributed by atoms with E-state index in [1.165, 1.54) is 19.3 Å². The molecule has 1 heterocycles. The van der Waals surface area contributed by atoms with Gasteiger partial charge >= 0.3 is 0 Å². The number of nitrogens with zero attached hydrogens (tertiary/aromatic N) is 1. The number of aromatic nitrogens is 1. The zero-order valence-corrected chi connectivity index (χ0v) is 13.4. The molecule has 3 heteroatoms. The molecule has 2 nitrogen and oxygen atoms in total. The van der Waals surface area contributed by atoms with Crippen molar-refractivity contribution >= 4 is 17.1 Å². The van der Waals surface area contributed by atoms with Crippen LogP contribution in [0.2, 0.25) is 0 Å². The molecule has 4 rings (SSSR count). The van der Waals surface area contributed by atoms with Gasteiger partial charge in [0.15, 0.2) is 0 Å². The van der Waals surface area contributed by atoms with Crippen molar-refractivity contribution in [1.29, 1.82) is 0 Å². The zero-order chi connectivity index (χ0) is 14.1. The number of hydrogen-bond acceptors (Lipinski definition) is 3. The number of rotatable bonds is 3. The molecule has 2 bridgehead atoms. The Balaban J connectivity index is 1.43. The van der Waals surface area contributed by atoms with Gasteiger partial charge in [-0.3, -0.25) is 4.79 Å². The maximum absolute atomic E-state index is 12.5. The Morgan fingerprint density at radius 1 is 1.30 bits per heavy atom. The van der Waals surface area contributed by atoms with Crippen molar-refractivity contribution in [3.05, 3.63) is 16.1 Å². The predicted molar refractivity (Wildman–Crippen MR) is 80.8 cm³/mol. The van der Waals surface area contributed by atoms with Crippen molar-refractivity contribution in [2.45, 2.75) is 51.9 Å². The van der Waals surface area contributed by atoms with Crippen LogP contribution in [-0.2, 0) is 16.6 Å². The van der Waals surface area contributed by atoms with E-state index in [1.54, 1.807) is 11.3 Å². The largest absolute Gasteiger partial charge is 0.299 e. The Bertz CT molecular complexity index is 540. The second-order valence-corrected chi connectivity index (χ2v) is 8.98. The van der Waals surface area contributed by atoms with Crippen molar-refractivity contribution in [3.63, 3.8) is 0 Å². The van der Waals surface area contributed by atoms with Gasteiger partial charge in [-0.15, -0.1) is 11.3 Å². The lowest BCUT2D eigenvalue weighted by Crippen LogP contribution is -2.14. The molecule has 4 unspecified atom stereocenters. The lowest BCUT2D eigenvalue weighted by atomic mass is 9.93. The topological polar surface area (TPSA) is 30.0 Å². The van der Waals surface area contributed by atoms with Crippen LogP contribution in [-0.4, -0.2) is 10.8 Å². The second-order valence-electron chi connectivity index (χ2n) is 8.03. The number of hydrogen-bond donors (Lipinski definition) is 0. The Morgan fingerprint density at radius 2 is 1.95 bits per heavy atom. The van der Waals surface area contributed by atoms with Crippen LogP contribution >= 0.6 is 11.3 Å². The van der Waals surface area contributed by atoms with Gasteiger partial charge in [0.05, 0.1) is 12.1 Å². The van der Waals surface area contributed by atoms with E-state index in [2.05, 4.69) is 31.1 Å². The fraction of sp³-hybridized carbons (Fsp3) is 0.765. The molecule has 1 aromatic heterocycles. The van der Waals surface area contributed by atoms with E-state index < -0.39 is 0 Å². The first-order valence-electron chi connectivity index (χ1n) is 7.93. The predicted octanol–water partition coefficient (Wildman–Crippen LogP) is 3.84. The third-order valence-corrected chi connectivity index (χ3v) is 6.60. The normalized spacial score (nSPS) is 38.0. The lowest BCUT2D eigenvalue weighted by Gasteiger charge is -2.14. The Morgan fingerprint density at radius 3 is 2.50 bits per heavy atom. The van der Waals surface area contributed by atoms with Gasteiger partial charge in [-0.05, 0) is 42.9 Å². The summed E-state index contributed by atoms with van der Waals surface area (Å²) < 4.78 is 0. The average molecular weight is 289 g/mol. The number of ketones is 1. The van der Waals surface area contributed by atoms with Crippen LogP contribution in [0.3, 0.4) is 0 Å². The first kappa shape index (κ1) is 13.0. The molecule has 0 amide bonds. The fourth-order valence-corrected chi connectivity index (χ4v) is 5.79. The van der Waals surface area contributed by atoms with Crippen LogP contribution in [0.15, 0.2) is 5.38 Å². The first-order valence-corrected chi connectivity index (χ1v) is 8.80. The highest BCUT2D eigenvalue weighted by Crippen LogP contribution is 2.69.